The highest BCUT2D eigenvalue weighted by Crippen LogP contribution is 2.46. The molecule has 0 aromatic carbocycles. The lowest BCUT2D eigenvalue weighted by Gasteiger charge is -2.55. The third kappa shape index (κ3) is 3.95. The molecule has 0 saturated heterocycles. The van der Waals surface area contributed by atoms with Crippen molar-refractivity contribution < 1.29 is 9.53 Å². The highest BCUT2D eigenvalue weighted by Gasteiger charge is 2.52. The Morgan fingerprint density at radius 2 is 2.00 bits per heavy atom. The summed E-state index contributed by atoms with van der Waals surface area (Å²) in [6, 6.07) is 0.514. The van der Waals surface area contributed by atoms with Crippen LogP contribution in [0.2, 0.25) is 0 Å². The second-order valence-electron chi connectivity index (χ2n) is 7.51. The van der Waals surface area contributed by atoms with E-state index in [1.165, 1.54) is 0 Å². The molecule has 5 heteroatoms. The molecule has 22 heavy (non-hydrogen) atoms. The molecule has 0 aliphatic heterocycles. The van der Waals surface area contributed by atoms with E-state index < -0.39 is 0 Å². The number of ether oxygens (including phenoxy) is 1. The average molecular weight is 333 g/mol. The van der Waals surface area contributed by atoms with Gasteiger partial charge in [-0.15, -0.1) is 12.4 Å². The first-order valence-corrected chi connectivity index (χ1v) is 8.51. The highest BCUT2D eigenvalue weighted by atomic mass is 35.5. The number of rotatable bonds is 6. The molecule has 1 amide bonds. The molecule has 2 N–H and O–H groups in total. The van der Waals surface area contributed by atoms with E-state index in [0.717, 1.165) is 45.1 Å². The van der Waals surface area contributed by atoms with E-state index in [4.69, 9.17) is 10.5 Å². The second kappa shape index (κ2) is 7.98. The molecular weight excluding hydrogens is 300 g/mol. The topological polar surface area (TPSA) is 55.6 Å². The molecule has 0 aromatic heterocycles. The number of carbonyl (C=O) groups excluding carboxylic acids is 1. The summed E-state index contributed by atoms with van der Waals surface area (Å²) in [5.74, 6) is 0.425. The zero-order valence-electron chi connectivity index (χ0n) is 14.5. The van der Waals surface area contributed by atoms with Gasteiger partial charge in [-0.05, 0) is 32.1 Å². The van der Waals surface area contributed by atoms with Crippen LogP contribution in [-0.2, 0) is 9.53 Å². The zero-order chi connectivity index (χ0) is 15.6. The molecule has 0 radical (unpaired) electrons. The maximum atomic E-state index is 12.6. The van der Waals surface area contributed by atoms with Crippen LogP contribution >= 0.6 is 12.4 Å². The first-order chi connectivity index (χ1) is 9.87. The quantitative estimate of drug-likeness (QED) is 0.761. The Labute approximate surface area is 141 Å². The van der Waals surface area contributed by atoms with Gasteiger partial charge in [-0.1, -0.05) is 27.2 Å². The van der Waals surface area contributed by atoms with Crippen molar-refractivity contribution in [3.63, 3.8) is 0 Å². The highest BCUT2D eigenvalue weighted by molar-refractivity contribution is 5.85. The Bertz CT molecular complexity index is 376. The van der Waals surface area contributed by atoms with Crippen molar-refractivity contribution in [1.82, 2.24) is 4.90 Å². The number of nitrogens with two attached hydrogens (primary N) is 1. The molecule has 2 saturated carbocycles. The molecule has 0 spiro atoms. The molecule has 2 aliphatic carbocycles. The van der Waals surface area contributed by atoms with Gasteiger partial charge in [-0.25, -0.2) is 0 Å². The van der Waals surface area contributed by atoms with Crippen LogP contribution in [0, 0.1) is 11.3 Å². The van der Waals surface area contributed by atoms with Crippen LogP contribution in [0.5, 0.6) is 0 Å². The summed E-state index contributed by atoms with van der Waals surface area (Å²) in [7, 11) is 1.96. The van der Waals surface area contributed by atoms with Gasteiger partial charge in [0.25, 0.3) is 0 Å². The van der Waals surface area contributed by atoms with Gasteiger partial charge in [0.2, 0.25) is 5.91 Å². The predicted molar refractivity (Wildman–Crippen MR) is 92.2 cm³/mol. The minimum absolute atomic E-state index is 0. The van der Waals surface area contributed by atoms with Gasteiger partial charge in [-0.2, -0.15) is 0 Å². The van der Waals surface area contributed by atoms with E-state index in [9.17, 15) is 4.79 Å². The number of carbonyl (C=O) groups is 1. The lowest BCUT2D eigenvalue weighted by molar-refractivity contribution is -0.167. The van der Waals surface area contributed by atoms with E-state index in [0.29, 0.717) is 6.04 Å². The van der Waals surface area contributed by atoms with Gasteiger partial charge in [0.1, 0.15) is 0 Å². The lowest BCUT2D eigenvalue weighted by atomic mass is 9.63. The van der Waals surface area contributed by atoms with Crippen LogP contribution in [-0.4, -0.2) is 42.6 Å². The van der Waals surface area contributed by atoms with Crippen LogP contribution < -0.4 is 5.73 Å². The average Bonchev–Trinajstić information content (AvgIpc) is 2.87. The number of hydrogen-bond acceptors (Lipinski definition) is 3. The molecule has 2 rings (SSSR count). The van der Waals surface area contributed by atoms with E-state index in [2.05, 4.69) is 20.8 Å². The number of nitrogens with zero attached hydrogens (tertiary/aromatic N) is 1. The van der Waals surface area contributed by atoms with Crippen molar-refractivity contribution in [2.24, 2.45) is 17.1 Å². The Morgan fingerprint density at radius 1 is 1.32 bits per heavy atom. The molecule has 4 atom stereocenters. The third-order valence-corrected chi connectivity index (χ3v) is 5.58. The van der Waals surface area contributed by atoms with Crippen LogP contribution in [0.25, 0.3) is 0 Å². The SMILES string of the molecule is CCCCOC1CC(N(C)C(=O)C2CCC(N)C2)C1(C)C.Cl. The standard InChI is InChI=1S/C17H32N2O2.ClH/c1-5-6-9-21-15-11-14(17(15,2)3)19(4)16(20)12-7-8-13(18)10-12;/h12-15H,5-11,18H2,1-4H3;1H. The Balaban J connectivity index is 0.00000242. The van der Waals surface area contributed by atoms with Crippen molar-refractivity contribution in [3.05, 3.63) is 0 Å². The minimum Gasteiger partial charge on any atom is -0.378 e. The summed E-state index contributed by atoms with van der Waals surface area (Å²) in [6.45, 7) is 7.47. The van der Waals surface area contributed by atoms with Crippen molar-refractivity contribution in [2.75, 3.05) is 13.7 Å². The lowest BCUT2D eigenvalue weighted by Crippen LogP contribution is -2.63. The fourth-order valence-electron chi connectivity index (χ4n) is 3.86. The Kier molecular flexibility index (Phi) is 7.16. The smallest absolute Gasteiger partial charge is 0.225 e. The van der Waals surface area contributed by atoms with E-state index in [-0.39, 0.29) is 41.8 Å². The Morgan fingerprint density at radius 3 is 2.50 bits per heavy atom. The van der Waals surface area contributed by atoms with Crippen molar-refractivity contribution >= 4 is 18.3 Å². The van der Waals surface area contributed by atoms with Gasteiger partial charge in [0.15, 0.2) is 0 Å². The van der Waals surface area contributed by atoms with Gasteiger partial charge in [0, 0.05) is 37.1 Å². The first kappa shape index (κ1) is 19.7. The fraction of sp³-hybridized carbons (Fsp3) is 0.941. The van der Waals surface area contributed by atoms with Crippen LogP contribution in [0.1, 0.15) is 59.3 Å². The number of amides is 1. The Hall–Kier alpha value is -0.320. The zero-order valence-corrected chi connectivity index (χ0v) is 15.3. The maximum absolute atomic E-state index is 12.6. The van der Waals surface area contributed by atoms with Crippen LogP contribution in [0.15, 0.2) is 0 Å². The normalized spacial score (nSPS) is 33.0. The summed E-state index contributed by atoms with van der Waals surface area (Å²) >= 11 is 0. The van der Waals surface area contributed by atoms with Gasteiger partial charge in [-0.3, -0.25) is 4.79 Å². The number of hydrogen-bond donors (Lipinski definition) is 1. The van der Waals surface area contributed by atoms with Gasteiger partial charge in [0.05, 0.1) is 6.10 Å². The number of unbranched alkanes of at least 4 members (excludes halogenated alkanes) is 1. The summed E-state index contributed by atoms with van der Waals surface area (Å²) in [4.78, 5) is 14.6. The summed E-state index contributed by atoms with van der Waals surface area (Å²) in [5.41, 5.74) is 5.99. The molecule has 2 fully saturated rings. The monoisotopic (exact) mass is 332 g/mol. The summed E-state index contributed by atoms with van der Waals surface area (Å²) < 4.78 is 5.98. The minimum atomic E-state index is 0. The molecule has 130 valence electrons. The van der Waals surface area contributed by atoms with Crippen molar-refractivity contribution in [2.45, 2.75) is 77.5 Å². The molecule has 0 heterocycles. The molecule has 2 aliphatic rings. The molecule has 0 bridgehead atoms. The predicted octanol–water partition coefficient (Wildman–Crippen LogP) is 2.98. The van der Waals surface area contributed by atoms with Crippen LogP contribution in [0.3, 0.4) is 0 Å². The molecular formula is C17H33ClN2O2. The summed E-state index contributed by atoms with van der Waals surface area (Å²) in [6.07, 6.45) is 6.33. The van der Waals surface area contributed by atoms with E-state index in [1.54, 1.807) is 0 Å². The largest absolute Gasteiger partial charge is 0.378 e. The van der Waals surface area contributed by atoms with Gasteiger partial charge < -0.3 is 15.4 Å². The van der Waals surface area contributed by atoms with Crippen molar-refractivity contribution in [1.29, 1.82) is 0 Å². The van der Waals surface area contributed by atoms with Crippen LogP contribution in [0.4, 0.5) is 0 Å². The molecule has 4 unspecified atom stereocenters. The third-order valence-electron chi connectivity index (χ3n) is 5.58. The van der Waals surface area contributed by atoms with E-state index >= 15 is 0 Å². The van der Waals surface area contributed by atoms with E-state index in [1.807, 2.05) is 11.9 Å². The fourth-order valence-corrected chi connectivity index (χ4v) is 3.86. The number of halogens is 1. The maximum Gasteiger partial charge on any atom is 0.225 e. The molecule has 4 nitrogen and oxygen atoms in total. The summed E-state index contributed by atoms with van der Waals surface area (Å²) in [5, 5.41) is 0. The molecule has 0 aromatic rings. The first-order valence-electron chi connectivity index (χ1n) is 8.51. The van der Waals surface area contributed by atoms with Crippen molar-refractivity contribution in [3.8, 4) is 0 Å². The van der Waals surface area contributed by atoms with Gasteiger partial charge >= 0.3 is 0 Å². The second-order valence-corrected chi connectivity index (χ2v) is 7.51.